The van der Waals surface area contributed by atoms with Gasteiger partial charge >= 0.3 is 6.09 Å². The SMILES string of the molecule is COc1ccc(C2(C)CN(Cc3ccccc3[N+](=O)[O-])C(=O)O2)cc1. The summed E-state index contributed by atoms with van der Waals surface area (Å²) in [7, 11) is 1.58. The molecule has 1 aliphatic heterocycles. The van der Waals surface area contributed by atoms with Crippen LogP contribution >= 0.6 is 0 Å². The maximum atomic E-state index is 12.3. The van der Waals surface area contributed by atoms with Crippen molar-refractivity contribution in [1.29, 1.82) is 0 Å². The number of nitro groups is 1. The minimum absolute atomic E-state index is 0.00616. The minimum Gasteiger partial charge on any atom is -0.497 e. The molecule has 0 saturated carbocycles. The fourth-order valence-corrected chi connectivity index (χ4v) is 2.96. The highest BCUT2D eigenvalue weighted by Crippen LogP contribution is 2.35. The molecular weight excluding hydrogens is 324 g/mol. The number of benzene rings is 2. The molecule has 0 radical (unpaired) electrons. The summed E-state index contributed by atoms with van der Waals surface area (Å²) in [5.41, 5.74) is 0.496. The third-order valence-corrected chi connectivity index (χ3v) is 4.31. The summed E-state index contributed by atoms with van der Waals surface area (Å²) < 4.78 is 10.7. The van der Waals surface area contributed by atoms with Crippen LogP contribution in [0.2, 0.25) is 0 Å². The van der Waals surface area contributed by atoms with Gasteiger partial charge in [-0.1, -0.05) is 30.3 Å². The van der Waals surface area contributed by atoms with E-state index in [4.69, 9.17) is 9.47 Å². The molecule has 0 N–H and O–H groups in total. The first-order valence-corrected chi connectivity index (χ1v) is 7.78. The average molecular weight is 342 g/mol. The van der Waals surface area contributed by atoms with Crippen molar-refractivity contribution in [3.05, 3.63) is 69.8 Å². The van der Waals surface area contributed by atoms with E-state index in [1.54, 1.807) is 37.4 Å². The van der Waals surface area contributed by atoms with E-state index < -0.39 is 16.6 Å². The summed E-state index contributed by atoms with van der Waals surface area (Å²) in [5, 5.41) is 11.1. The molecule has 1 unspecified atom stereocenters. The van der Waals surface area contributed by atoms with E-state index in [0.29, 0.717) is 17.9 Å². The van der Waals surface area contributed by atoms with Gasteiger partial charge in [0, 0.05) is 11.6 Å². The fourth-order valence-electron chi connectivity index (χ4n) is 2.96. The summed E-state index contributed by atoms with van der Waals surface area (Å²) in [6.07, 6.45) is -0.489. The fraction of sp³-hybridized carbons (Fsp3) is 0.278. The molecule has 3 rings (SSSR count). The van der Waals surface area contributed by atoms with Crippen LogP contribution < -0.4 is 4.74 Å². The molecule has 25 heavy (non-hydrogen) atoms. The molecule has 1 amide bonds. The molecular formula is C18H18N2O5. The quantitative estimate of drug-likeness (QED) is 0.614. The second kappa shape index (κ2) is 6.43. The summed E-state index contributed by atoms with van der Waals surface area (Å²) in [4.78, 5) is 24.5. The van der Waals surface area contributed by atoms with Crippen molar-refractivity contribution in [1.82, 2.24) is 4.90 Å². The number of amides is 1. The molecule has 2 aromatic rings. The molecule has 7 nitrogen and oxygen atoms in total. The van der Waals surface area contributed by atoms with E-state index in [-0.39, 0.29) is 12.2 Å². The Morgan fingerprint density at radius 3 is 2.56 bits per heavy atom. The molecule has 0 bridgehead atoms. The molecule has 1 heterocycles. The minimum atomic E-state index is -0.813. The van der Waals surface area contributed by atoms with E-state index in [2.05, 4.69) is 0 Å². The first kappa shape index (κ1) is 16.8. The van der Waals surface area contributed by atoms with Gasteiger partial charge in [-0.15, -0.1) is 0 Å². The summed E-state index contributed by atoms with van der Waals surface area (Å²) in [6, 6.07) is 13.7. The number of rotatable bonds is 5. The van der Waals surface area contributed by atoms with Gasteiger partial charge in [0.05, 0.1) is 25.1 Å². The number of cyclic esters (lactones) is 1. The zero-order valence-corrected chi connectivity index (χ0v) is 14.0. The molecule has 2 aromatic carbocycles. The van der Waals surface area contributed by atoms with Crippen LogP contribution in [-0.4, -0.2) is 29.6 Å². The summed E-state index contributed by atoms with van der Waals surface area (Å²) in [6.45, 7) is 2.26. The van der Waals surface area contributed by atoms with Gasteiger partial charge < -0.3 is 9.47 Å². The van der Waals surface area contributed by atoms with Crippen molar-refractivity contribution >= 4 is 11.8 Å². The highest BCUT2D eigenvalue weighted by Gasteiger charge is 2.43. The smallest absolute Gasteiger partial charge is 0.411 e. The van der Waals surface area contributed by atoms with Crippen LogP contribution in [0.3, 0.4) is 0 Å². The van der Waals surface area contributed by atoms with Gasteiger partial charge in [0.25, 0.3) is 5.69 Å². The third kappa shape index (κ3) is 3.26. The molecule has 130 valence electrons. The molecule has 1 saturated heterocycles. The predicted molar refractivity (Wildman–Crippen MR) is 90.3 cm³/mol. The first-order valence-electron chi connectivity index (χ1n) is 7.78. The number of methoxy groups -OCH3 is 1. The Morgan fingerprint density at radius 1 is 1.24 bits per heavy atom. The van der Waals surface area contributed by atoms with Crippen molar-refractivity contribution in [3.8, 4) is 5.75 Å². The number of ether oxygens (including phenoxy) is 2. The molecule has 0 aliphatic carbocycles. The molecule has 1 fully saturated rings. The van der Waals surface area contributed by atoms with Crippen LogP contribution in [0.25, 0.3) is 0 Å². The predicted octanol–water partition coefficient (Wildman–Crippen LogP) is 3.47. The molecule has 0 spiro atoms. The third-order valence-electron chi connectivity index (χ3n) is 4.31. The van der Waals surface area contributed by atoms with Crippen LogP contribution in [0, 0.1) is 10.1 Å². The van der Waals surface area contributed by atoms with Gasteiger partial charge in [0.15, 0.2) is 5.60 Å². The van der Waals surface area contributed by atoms with Crippen LogP contribution in [0.1, 0.15) is 18.1 Å². The first-order chi connectivity index (χ1) is 11.9. The zero-order valence-electron chi connectivity index (χ0n) is 14.0. The van der Waals surface area contributed by atoms with Crippen LogP contribution in [0.4, 0.5) is 10.5 Å². The van der Waals surface area contributed by atoms with Crippen LogP contribution in [-0.2, 0) is 16.9 Å². The van der Waals surface area contributed by atoms with Crippen molar-refractivity contribution < 1.29 is 19.2 Å². The van der Waals surface area contributed by atoms with Crippen LogP contribution in [0.15, 0.2) is 48.5 Å². The van der Waals surface area contributed by atoms with Gasteiger partial charge in [-0.2, -0.15) is 0 Å². The number of carbonyl (C=O) groups excluding carboxylic acids is 1. The summed E-state index contributed by atoms with van der Waals surface area (Å²) in [5.74, 6) is 0.716. The lowest BCUT2D eigenvalue weighted by atomic mass is 9.96. The Morgan fingerprint density at radius 2 is 1.92 bits per heavy atom. The van der Waals surface area contributed by atoms with Gasteiger partial charge in [0.1, 0.15) is 5.75 Å². The normalized spacial score (nSPS) is 19.6. The maximum Gasteiger partial charge on any atom is 0.411 e. The average Bonchev–Trinajstić information content (AvgIpc) is 2.90. The largest absolute Gasteiger partial charge is 0.497 e. The van der Waals surface area contributed by atoms with Crippen molar-refractivity contribution in [3.63, 3.8) is 0 Å². The van der Waals surface area contributed by atoms with Gasteiger partial charge in [0.2, 0.25) is 0 Å². The lowest BCUT2D eigenvalue weighted by Crippen LogP contribution is -2.29. The number of hydrogen-bond acceptors (Lipinski definition) is 5. The topological polar surface area (TPSA) is 81.9 Å². The number of nitrogens with zero attached hydrogens (tertiary/aromatic N) is 2. The Bertz CT molecular complexity index is 805. The van der Waals surface area contributed by atoms with E-state index >= 15 is 0 Å². The second-order valence-electron chi connectivity index (χ2n) is 6.07. The van der Waals surface area contributed by atoms with E-state index in [1.165, 1.54) is 11.0 Å². The Balaban J connectivity index is 1.81. The lowest BCUT2D eigenvalue weighted by Gasteiger charge is -2.22. The van der Waals surface area contributed by atoms with E-state index in [9.17, 15) is 14.9 Å². The van der Waals surface area contributed by atoms with Gasteiger partial charge in [-0.3, -0.25) is 15.0 Å². The summed E-state index contributed by atoms with van der Waals surface area (Å²) >= 11 is 0. The Kier molecular flexibility index (Phi) is 4.31. The van der Waals surface area contributed by atoms with Gasteiger partial charge in [-0.25, -0.2) is 4.79 Å². The molecule has 0 aromatic heterocycles. The standard InChI is InChI=1S/C18H18N2O5/c1-18(14-7-9-15(24-2)10-8-14)12-19(17(21)25-18)11-13-5-3-4-6-16(13)20(22)23/h3-10H,11-12H2,1-2H3. The number of carbonyl (C=O) groups is 1. The van der Waals surface area contributed by atoms with Gasteiger partial charge in [-0.05, 0) is 24.6 Å². The highest BCUT2D eigenvalue weighted by molar-refractivity contribution is 5.71. The Labute approximate surface area is 144 Å². The Hall–Kier alpha value is -3.09. The molecule has 1 atom stereocenters. The molecule has 1 aliphatic rings. The zero-order chi connectivity index (χ0) is 18.0. The second-order valence-corrected chi connectivity index (χ2v) is 6.07. The monoisotopic (exact) mass is 342 g/mol. The molecule has 7 heteroatoms. The van der Waals surface area contributed by atoms with E-state index in [0.717, 1.165) is 5.56 Å². The number of hydrogen-bond donors (Lipinski definition) is 0. The van der Waals surface area contributed by atoms with E-state index in [1.807, 2.05) is 19.1 Å². The van der Waals surface area contributed by atoms with Crippen molar-refractivity contribution in [2.45, 2.75) is 19.1 Å². The number of nitro benzene ring substituents is 1. The number of para-hydroxylation sites is 1. The van der Waals surface area contributed by atoms with Crippen molar-refractivity contribution in [2.75, 3.05) is 13.7 Å². The highest BCUT2D eigenvalue weighted by atomic mass is 16.6. The maximum absolute atomic E-state index is 12.3. The van der Waals surface area contributed by atoms with Crippen molar-refractivity contribution in [2.24, 2.45) is 0 Å². The van der Waals surface area contributed by atoms with Crippen LogP contribution in [0.5, 0.6) is 5.75 Å². The lowest BCUT2D eigenvalue weighted by molar-refractivity contribution is -0.385.